The van der Waals surface area contributed by atoms with Crippen LogP contribution in [-0.4, -0.2) is 23.2 Å². The van der Waals surface area contributed by atoms with Crippen molar-refractivity contribution in [2.75, 3.05) is 6.61 Å². The van der Waals surface area contributed by atoms with E-state index in [2.05, 4.69) is 5.32 Å². The molecule has 104 valence electrons. The summed E-state index contributed by atoms with van der Waals surface area (Å²) in [7, 11) is 0. The van der Waals surface area contributed by atoms with Crippen LogP contribution < -0.4 is 5.32 Å². The molecule has 1 aromatic carbocycles. The number of aryl methyl sites for hydroxylation is 1. The van der Waals surface area contributed by atoms with E-state index < -0.39 is 5.54 Å². The van der Waals surface area contributed by atoms with Crippen LogP contribution in [-0.2, 0) is 4.79 Å². The summed E-state index contributed by atoms with van der Waals surface area (Å²) in [6, 6.07) is 7.89. The molecule has 0 aliphatic rings. The molecule has 0 aromatic heterocycles. The van der Waals surface area contributed by atoms with Crippen LogP contribution in [0.4, 0.5) is 0 Å². The molecule has 3 nitrogen and oxygen atoms in total. The highest BCUT2D eigenvalue weighted by atomic mass is 16.3. The van der Waals surface area contributed by atoms with Gasteiger partial charge in [0.2, 0.25) is 5.91 Å². The zero-order valence-corrected chi connectivity index (χ0v) is 11.9. The summed E-state index contributed by atoms with van der Waals surface area (Å²) < 4.78 is 0. The monoisotopic (exact) mass is 261 g/mol. The summed E-state index contributed by atoms with van der Waals surface area (Å²) in [5, 5.41) is 12.3. The summed E-state index contributed by atoms with van der Waals surface area (Å²) in [5.74, 6) is -0.166. The molecule has 0 spiro atoms. The first-order chi connectivity index (χ1) is 9.06. The van der Waals surface area contributed by atoms with Crippen molar-refractivity contribution in [2.45, 2.75) is 39.2 Å². The van der Waals surface area contributed by atoms with E-state index in [-0.39, 0.29) is 12.5 Å². The van der Waals surface area contributed by atoms with E-state index in [9.17, 15) is 9.90 Å². The minimum Gasteiger partial charge on any atom is -0.394 e. The molecule has 1 amide bonds. The molecule has 0 bridgehead atoms. The molecule has 3 heteroatoms. The largest absolute Gasteiger partial charge is 0.394 e. The minimum atomic E-state index is -0.507. The van der Waals surface area contributed by atoms with Gasteiger partial charge >= 0.3 is 0 Å². The SMILES string of the molecule is CCC(CC)(CO)NC(=O)/C=C/c1ccccc1C. The van der Waals surface area contributed by atoms with E-state index in [1.165, 1.54) is 6.08 Å². The smallest absolute Gasteiger partial charge is 0.244 e. The Morgan fingerprint density at radius 2 is 1.95 bits per heavy atom. The maximum absolute atomic E-state index is 11.9. The fourth-order valence-corrected chi connectivity index (χ4v) is 1.93. The summed E-state index contributed by atoms with van der Waals surface area (Å²) in [6.07, 6.45) is 4.75. The number of aliphatic hydroxyl groups is 1. The first kappa shape index (κ1) is 15.4. The fourth-order valence-electron chi connectivity index (χ4n) is 1.93. The Hall–Kier alpha value is -1.61. The lowest BCUT2D eigenvalue weighted by Crippen LogP contribution is -2.49. The number of benzene rings is 1. The lowest BCUT2D eigenvalue weighted by Gasteiger charge is -2.30. The van der Waals surface area contributed by atoms with Crippen molar-refractivity contribution in [1.82, 2.24) is 5.32 Å². The number of nitrogens with one attached hydrogen (secondary N) is 1. The standard InChI is InChI=1S/C16H23NO2/c1-4-16(5-2,12-18)17-15(19)11-10-14-9-7-6-8-13(14)3/h6-11,18H,4-5,12H2,1-3H3,(H,17,19)/b11-10+. The lowest BCUT2D eigenvalue weighted by molar-refractivity contribution is -0.119. The van der Waals surface area contributed by atoms with Crippen molar-refractivity contribution in [2.24, 2.45) is 0 Å². The highest BCUT2D eigenvalue weighted by Gasteiger charge is 2.26. The van der Waals surface area contributed by atoms with Crippen molar-refractivity contribution in [3.05, 3.63) is 41.5 Å². The highest BCUT2D eigenvalue weighted by Crippen LogP contribution is 2.14. The molecular formula is C16H23NO2. The van der Waals surface area contributed by atoms with E-state index in [1.807, 2.05) is 45.0 Å². The van der Waals surface area contributed by atoms with E-state index >= 15 is 0 Å². The summed E-state index contributed by atoms with van der Waals surface area (Å²) in [4.78, 5) is 11.9. The number of carbonyl (C=O) groups excluding carboxylic acids is 1. The molecule has 0 heterocycles. The van der Waals surface area contributed by atoms with E-state index in [0.29, 0.717) is 12.8 Å². The van der Waals surface area contributed by atoms with Gasteiger partial charge in [-0.25, -0.2) is 0 Å². The molecule has 19 heavy (non-hydrogen) atoms. The minimum absolute atomic E-state index is 0.0378. The Bertz CT molecular complexity index is 440. The van der Waals surface area contributed by atoms with Crippen LogP contribution in [0.1, 0.15) is 37.8 Å². The Morgan fingerprint density at radius 1 is 1.32 bits per heavy atom. The van der Waals surface area contributed by atoms with Gasteiger partial charge in [0.15, 0.2) is 0 Å². The lowest BCUT2D eigenvalue weighted by atomic mass is 9.94. The van der Waals surface area contributed by atoms with Gasteiger partial charge in [-0.2, -0.15) is 0 Å². The third kappa shape index (κ3) is 4.21. The molecule has 0 saturated heterocycles. The summed E-state index contributed by atoms with van der Waals surface area (Å²) in [6.45, 7) is 5.90. The average Bonchev–Trinajstić information content (AvgIpc) is 2.44. The van der Waals surface area contributed by atoms with Crippen LogP contribution >= 0.6 is 0 Å². The number of amides is 1. The third-order valence-electron chi connectivity index (χ3n) is 3.65. The van der Waals surface area contributed by atoms with E-state index in [1.54, 1.807) is 6.08 Å². The van der Waals surface area contributed by atoms with Crippen molar-refractivity contribution in [3.63, 3.8) is 0 Å². The second kappa shape index (κ2) is 7.10. The number of rotatable bonds is 6. The molecule has 0 radical (unpaired) electrons. The molecule has 0 saturated carbocycles. The Labute approximate surface area is 115 Å². The molecule has 0 aliphatic heterocycles. The predicted octanol–water partition coefficient (Wildman–Crippen LogP) is 2.68. The van der Waals surface area contributed by atoms with Gasteiger partial charge in [-0.15, -0.1) is 0 Å². The first-order valence-corrected chi connectivity index (χ1v) is 6.73. The van der Waals surface area contributed by atoms with Crippen LogP contribution in [0.3, 0.4) is 0 Å². The summed E-state index contributed by atoms with van der Waals surface area (Å²) >= 11 is 0. The number of hydrogen-bond donors (Lipinski definition) is 2. The Morgan fingerprint density at radius 3 is 2.47 bits per heavy atom. The van der Waals surface area contributed by atoms with Crippen molar-refractivity contribution < 1.29 is 9.90 Å². The predicted molar refractivity (Wildman–Crippen MR) is 78.8 cm³/mol. The van der Waals surface area contributed by atoms with Crippen LogP contribution in [0, 0.1) is 6.92 Å². The second-order valence-corrected chi connectivity index (χ2v) is 4.82. The molecule has 1 rings (SSSR count). The molecule has 1 aromatic rings. The van der Waals surface area contributed by atoms with Crippen molar-refractivity contribution in [3.8, 4) is 0 Å². The quantitative estimate of drug-likeness (QED) is 0.773. The maximum Gasteiger partial charge on any atom is 0.244 e. The highest BCUT2D eigenvalue weighted by molar-refractivity contribution is 5.92. The van der Waals surface area contributed by atoms with E-state index in [0.717, 1.165) is 11.1 Å². The first-order valence-electron chi connectivity index (χ1n) is 6.73. The van der Waals surface area contributed by atoms with Gasteiger partial charge in [-0.05, 0) is 37.0 Å². The fraction of sp³-hybridized carbons (Fsp3) is 0.438. The zero-order valence-electron chi connectivity index (χ0n) is 11.9. The van der Waals surface area contributed by atoms with Gasteiger partial charge in [0.05, 0.1) is 12.1 Å². The number of aliphatic hydroxyl groups excluding tert-OH is 1. The number of carbonyl (C=O) groups is 1. The van der Waals surface area contributed by atoms with Crippen molar-refractivity contribution in [1.29, 1.82) is 0 Å². The molecule has 2 N–H and O–H groups in total. The topological polar surface area (TPSA) is 49.3 Å². The molecule has 0 aliphatic carbocycles. The maximum atomic E-state index is 11.9. The van der Waals surface area contributed by atoms with Crippen LogP contribution in [0.25, 0.3) is 6.08 Å². The van der Waals surface area contributed by atoms with Gasteiger partial charge in [0, 0.05) is 6.08 Å². The van der Waals surface area contributed by atoms with Gasteiger partial charge in [-0.1, -0.05) is 38.1 Å². The van der Waals surface area contributed by atoms with Gasteiger partial charge in [0.1, 0.15) is 0 Å². The second-order valence-electron chi connectivity index (χ2n) is 4.82. The molecule has 0 fully saturated rings. The van der Waals surface area contributed by atoms with Crippen LogP contribution in [0.5, 0.6) is 0 Å². The molecule has 0 unspecified atom stereocenters. The molecule has 0 atom stereocenters. The molecular weight excluding hydrogens is 238 g/mol. The van der Waals surface area contributed by atoms with Crippen molar-refractivity contribution >= 4 is 12.0 Å². The summed E-state index contributed by atoms with van der Waals surface area (Å²) in [5.41, 5.74) is 1.65. The van der Waals surface area contributed by atoms with Crippen LogP contribution in [0.2, 0.25) is 0 Å². The van der Waals surface area contributed by atoms with Crippen LogP contribution in [0.15, 0.2) is 30.3 Å². The van der Waals surface area contributed by atoms with Gasteiger partial charge in [-0.3, -0.25) is 4.79 Å². The Kier molecular flexibility index (Phi) is 5.77. The average molecular weight is 261 g/mol. The third-order valence-corrected chi connectivity index (χ3v) is 3.65. The van der Waals surface area contributed by atoms with E-state index in [4.69, 9.17) is 0 Å². The number of hydrogen-bond acceptors (Lipinski definition) is 2. The normalized spacial score (nSPS) is 11.8. The van der Waals surface area contributed by atoms with Gasteiger partial charge in [0.25, 0.3) is 0 Å². The Balaban J connectivity index is 2.73. The zero-order chi connectivity index (χ0) is 14.3. The van der Waals surface area contributed by atoms with Gasteiger partial charge < -0.3 is 10.4 Å².